The quantitative estimate of drug-likeness (QED) is 0.635. The summed E-state index contributed by atoms with van der Waals surface area (Å²) >= 11 is 1.35. The van der Waals surface area contributed by atoms with Crippen LogP contribution in [0.25, 0.3) is 16.7 Å². The molecule has 1 fully saturated rings. The van der Waals surface area contributed by atoms with Crippen LogP contribution in [0.2, 0.25) is 0 Å². The van der Waals surface area contributed by atoms with Gasteiger partial charge in [0.2, 0.25) is 11.8 Å². The Morgan fingerprint density at radius 2 is 1.96 bits per heavy atom. The van der Waals surface area contributed by atoms with Crippen molar-refractivity contribution in [3.63, 3.8) is 0 Å². The van der Waals surface area contributed by atoms with E-state index in [-0.39, 0.29) is 17.6 Å². The number of aromatic nitrogens is 2. The average Bonchev–Trinajstić information content (AvgIpc) is 3.29. The Kier molecular flexibility index (Phi) is 4.85. The minimum Gasteiger partial charge on any atom is -0.497 e. The maximum atomic E-state index is 12.4. The van der Waals surface area contributed by atoms with Gasteiger partial charge in [0, 0.05) is 18.7 Å². The molecule has 0 saturated carbocycles. The summed E-state index contributed by atoms with van der Waals surface area (Å²) in [5.41, 5.74) is 2.77. The van der Waals surface area contributed by atoms with Crippen LogP contribution >= 0.6 is 11.8 Å². The maximum absolute atomic E-state index is 12.4. The summed E-state index contributed by atoms with van der Waals surface area (Å²) in [6.07, 6.45) is 1.21. The lowest BCUT2D eigenvalue weighted by Gasteiger charge is -2.13. The van der Waals surface area contributed by atoms with E-state index in [9.17, 15) is 9.59 Å². The number of thioether (sulfide) groups is 1. The molecule has 27 heavy (non-hydrogen) atoms. The van der Waals surface area contributed by atoms with Crippen LogP contribution in [0.15, 0.2) is 53.7 Å². The van der Waals surface area contributed by atoms with Crippen molar-refractivity contribution in [1.29, 1.82) is 0 Å². The molecule has 4 rings (SSSR count). The van der Waals surface area contributed by atoms with Gasteiger partial charge in [0.15, 0.2) is 5.16 Å². The van der Waals surface area contributed by atoms with Gasteiger partial charge >= 0.3 is 0 Å². The normalized spacial score (nSPS) is 14.1. The standard InChI is InChI=1S/C20H19N3O3S/c1-26-15-10-8-14(9-11-15)23-17-6-3-2-5-16(17)21-20(23)27-13-19(25)22-12-4-7-18(22)24/h2-3,5-6,8-11H,4,7,12-13H2,1H3. The fraction of sp³-hybridized carbons (Fsp3) is 0.250. The second kappa shape index (κ2) is 7.44. The summed E-state index contributed by atoms with van der Waals surface area (Å²) in [5, 5.41) is 0.723. The van der Waals surface area contributed by atoms with Crippen molar-refractivity contribution < 1.29 is 14.3 Å². The molecule has 1 aliphatic heterocycles. The predicted molar refractivity (Wildman–Crippen MR) is 104 cm³/mol. The zero-order valence-electron chi connectivity index (χ0n) is 14.9. The summed E-state index contributed by atoms with van der Waals surface area (Å²) in [6, 6.07) is 15.6. The number of rotatable bonds is 5. The Hall–Kier alpha value is -2.80. The molecule has 2 heterocycles. The van der Waals surface area contributed by atoms with Gasteiger partial charge < -0.3 is 4.74 Å². The summed E-state index contributed by atoms with van der Waals surface area (Å²) < 4.78 is 7.26. The molecule has 1 aliphatic rings. The second-order valence-electron chi connectivity index (χ2n) is 6.25. The monoisotopic (exact) mass is 381 g/mol. The van der Waals surface area contributed by atoms with Gasteiger partial charge in [-0.15, -0.1) is 0 Å². The van der Waals surface area contributed by atoms with E-state index in [4.69, 9.17) is 4.74 Å². The number of carbonyl (C=O) groups is 2. The highest BCUT2D eigenvalue weighted by molar-refractivity contribution is 7.99. The van der Waals surface area contributed by atoms with E-state index in [0.29, 0.717) is 13.0 Å². The fourth-order valence-electron chi connectivity index (χ4n) is 3.20. The van der Waals surface area contributed by atoms with Crippen molar-refractivity contribution in [2.45, 2.75) is 18.0 Å². The highest BCUT2D eigenvalue weighted by Gasteiger charge is 2.26. The number of imidazole rings is 1. The number of amides is 2. The topological polar surface area (TPSA) is 64.4 Å². The first kappa shape index (κ1) is 17.6. The second-order valence-corrected chi connectivity index (χ2v) is 7.19. The van der Waals surface area contributed by atoms with E-state index in [2.05, 4.69) is 4.98 Å². The third-order valence-electron chi connectivity index (χ3n) is 4.56. The minimum atomic E-state index is -0.157. The smallest absolute Gasteiger partial charge is 0.239 e. The van der Waals surface area contributed by atoms with Gasteiger partial charge in [-0.25, -0.2) is 4.98 Å². The SMILES string of the molecule is COc1ccc(-n2c(SCC(=O)N3CCCC3=O)nc3ccccc32)cc1. The molecule has 2 aromatic carbocycles. The minimum absolute atomic E-state index is 0.0794. The van der Waals surface area contributed by atoms with Crippen LogP contribution in [0.1, 0.15) is 12.8 Å². The maximum Gasteiger partial charge on any atom is 0.239 e. The highest BCUT2D eigenvalue weighted by atomic mass is 32.2. The zero-order valence-corrected chi connectivity index (χ0v) is 15.7. The highest BCUT2D eigenvalue weighted by Crippen LogP contribution is 2.29. The van der Waals surface area contributed by atoms with Crippen LogP contribution in [0.3, 0.4) is 0 Å². The first-order chi connectivity index (χ1) is 13.2. The van der Waals surface area contributed by atoms with E-state index in [1.54, 1.807) is 7.11 Å². The Balaban J connectivity index is 1.65. The number of hydrogen-bond donors (Lipinski definition) is 0. The van der Waals surface area contributed by atoms with Gasteiger partial charge in [0.1, 0.15) is 5.75 Å². The Morgan fingerprint density at radius 3 is 2.67 bits per heavy atom. The van der Waals surface area contributed by atoms with Gasteiger partial charge in [-0.2, -0.15) is 0 Å². The van der Waals surface area contributed by atoms with Crippen molar-refractivity contribution in [1.82, 2.24) is 14.5 Å². The van der Waals surface area contributed by atoms with Crippen LogP contribution in [0.5, 0.6) is 5.75 Å². The lowest BCUT2D eigenvalue weighted by molar-refractivity contribution is -0.140. The van der Waals surface area contributed by atoms with Crippen molar-refractivity contribution >= 4 is 34.6 Å². The molecule has 1 saturated heterocycles. The Labute approximate surface area is 161 Å². The molecule has 138 valence electrons. The lowest BCUT2D eigenvalue weighted by Crippen LogP contribution is -2.33. The molecule has 2 amide bonds. The summed E-state index contributed by atoms with van der Waals surface area (Å²) in [6.45, 7) is 0.521. The van der Waals surface area contributed by atoms with Crippen LogP contribution in [-0.2, 0) is 9.59 Å². The molecule has 0 bridgehead atoms. The van der Waals surface area contributed by atoms with Crippen molar-refractivity contribution in [3.05, 3.63) is 48.5 Å². The number of para-hydroxylation sites is 2. The summed E-state index contributed by atoms with van der Waals surface area (Å²) in [5.74, 6) is 0.728. The summed E-state index contributed by atoms with van der Waals surface area (Å²) in [7, 11) is 1.63. The largest absolute Gasteiger partial charge is 0.497 e. The van der Waals surface area contributed by atoms with Crippen LogP contribution < -0.4 is 4.74 Å². The molecule has 0 spiro atoms. The number of carbonyl (C=O) groups excluding carboxylic acids is 2. The number of likely N-dealkylation sites (tertiary alicyclic amines) is 1. The molecule has 0 radical (unpaired) electrons. The number of fused-ring (bicyclic) bond motifs is 1. The van der Waals surface area contributed by atoms with Crippen LogP contribution in [0, 0.1) is 0 Å². The third-order valence-corrected chi connectivity index (χ3v) is 5.48. The molecule has 0 aliphatic carbocycles. The van der Waals surface area contributed by atoms with E-state index in [1.807, 2.05) is 53.1 Å². The number of ether oxygens (including phenoxy) is 1. The van der Waals surface area contributed by atoms with E-state index < -0.39 is 0 Å². The Morgan fingerprint density at radius 1 is 1.19 bits per heavy atom. The molecule has 0 unspecified atom stereocenters. The molecule has 6 nitrogen and oxygen atoms in total. The number of imide groups is 1. The average molecular weight is 381 g/mol. The number of hydrogen-bond acceptors (Lipinski definition) is 5. The number of benzene rings is 2. The number of methoxy groups -OCH3 is 1. The zero-order chi connectivity index (χ0) is 18.8. The number of nitrogens with zero attached hydrogens (tertiary/aromatic N) is 3. The van der Waals surface area contributed by atoms with Gasteiger partial charge in [-0.3, -0.25) is 19.1 Å². The van der Waals surface area contributed by atoms with E-state index >= 15 is 0 Å². The Bertz CT molecular complexity index is 997. The first-order valence-electron chi connectivity index (χ1n) is 8.75. The van der Waals surface area contributed by atoms with Gasteiger partial charge in [0.05, 0.1) is 23.9 Å². The van der Waals surface area contributed by atoms with Crippen molar-refractivity contribution in [2.24, 2.45) is 0 Å². The molecule has 0 atom stereocenters. The molecular weight excluding hydrogens is 362 g/mol. The predicted octanol–water partition coefficient (Wildman–Crippen LogP) is 3.28. The van der Waals surface area contributed by atoms with Crippen molar-refractivity contribution in [2.75, 3.05) is 19.4 Å². The van der Waals surface area contributed by atoms with Crippen LogP contribution in [-0.4, -0.2) is 45.7 Å². The molecule has 1 aromatic heterocycles. The lowest BCUT2D eigenvalue weighted by atomic mass is 10.2. The first-order valence-corrected chi connectivity index (χ1v) is 9.74. The van der Waals surface area contributed by atoms with Gasteiger partial charge in [-0.1, -0.05) is 23.9 Å². The summed E-state index contributed by atoms with van der Waals surface area (Å²) in [4.78, 5) is 30.2. The molecular formula is C20H19N3O3S. The van der Waals surface area contributed by atoms with Gasteiger partial charge in [0.25, 0.3) is 0 Å². The van der Waals surface area contributed by atoms with Gasteiger partial charge in [-0.05, 0) is 42.8 Å². The molecule has 0 N–H and O–H groups in total. The van der Waals surface area contributed by atoms with E-state index in [1.165, 1.54) is 16.7 Å². The fourth-order valence-corrected chi connectivity index (χ4v) is 4.10. The van der Waals surface area contributed by atoms with E-state index in [0.717, 1.165) is 34.0 Å². The molecule has 7 heteroatoms. The molecule has 3 aromatic rings. The third kappa shape index (κ3) is 3.42. The van der Waals surface area contributed by atoms with Crippen LogP contribution in [0.4, 0.5) is 0 Å². The van der Waals surface area contributed by atoms with Crippen molar-refractivity contribution in [3.8, 4) is 11.4 Å².